The molecule has 98 valence electrons. The zero-order valence-electron chi connectivity index (χ0n) is 9.88. The Kier molecular flexibility index (Phi) is 3.13. The average molecular weight is 254 g/mol. The summed E-state index contributed by atoms with van der Waals surface area (Å²) >= 11 is 0. The molecular weight excluding hydrogens is 240 g/mol. The van der Waals surface area contributed by atoms with E-state index in [1.807, 2.05) is 0 Å². The molecule has 1 aromatic heterocycles. The summed E-state index contributed by atoms with van der Waals surface area (Å²) in [4.78, 5) is 24.5. The molecule has 0 saturated carbocycles. The number of rotatable bonds is 3. The molecule has 9 nitrogen and oxygen atoms in total. The Balaban J connectivity index is 1.98. The number of nitrogens with zero attached hydrogens (tertiary/aromatic N) is 4. The van der Waals surface area contributed by atoms with E-state index in [0.717, 1.165) is 0 Å². The van der Waals surface area contributed by atoms with Crippen LogP contribution in [-0.4, -0.2) is 54.7 Å². The minimum atomic E-state index is -1.14. The van der Waals surface area contributed by atoms with Crippen LogP contribution in [0.2, 0.25) is 0 Å². The summed E-state index contributed by atoms with van der Waals surface area (Å²) in [6.45, 7) is 2.10. The molecule has 0 bridgehead atoms. The Morgan fingerprint density at radius 2 is 2.39 bits per heavy atom. The van der Waals surface area contributed by atoms with Crippen LogP contribution in [0.1, 0.15) is 25.6 Å². The summed E-state index contributed by atoms with van der Waals surface area (Å²) in [5, 5.41) is 24.8. The van der Waals surface area contributed by atoms with Gasteiger partial charge < -0.3 is 15.3 Å². The molecule has 3 N–H and O–H groups in total. The Morgan fingerprint density at radius 3 is 3.00 bits per heavy atom. The number of aromatic amines is 1. The van der Waals surface area contributed by atoms with Gasteiger partial charge in [-0.2, -0.15) is 5.21 Å². The first-order valence-electron chi connectivity index (χ1n) is 5.55. The van der Waals surface area contributed by atoms with Gasteiger partial charge in [0.25, 0.3) is 0 Å². The van der Waals surface area contributed by atoms with Gasteiger partial charge in [-0.3, -0.25) is 0 Å². The highest BCUT2D eigenvalue weighted by Crippen LogP contribution is 2.29. The third kappa shape index (κ3) is 2.11. The number of tetrazole rings is 1. The van der Waals surface area contributed by atoms with Gasteiger partial charge in [0, 0.05) is 6.54 Å². The molecule has 1 atom stereocenters. The summed E-state index contributed by atoms with van der Waals surface area (Å²) in [7, 11) is 0. The molecule has 1 fully saturated rings. The van der Waals surface area contributed by atoms with Gasteiger partial charge in [0.15, 0.2) is 5.82 Å². The largest absolute Gasteiger partial charge is 0.480 e. The maximum absolute atomic E-state index is 11.9. The molecule has 2 amide bonds. The number of amides is 2. The number of hydrogen-bond donors (Lipinski definition) is 3. The van der Waals surface area contributed by atoms with Gasteiger partial charge in [-0.25, -0.2) is 9.59 Å². The number of hydrogen-bond acceptors (Lipinski definition) is 5. The Morgan fingerprint density at radius 1 is 1.61 bits per heavy atom. The Bertz CT molecular complexity index is 447. The highest BCUT2D eigenvalue weighted by Gasteiger charge is 2.45. The number of carbonyl (C=O) groups excluding carboxylic acids is 1. The summed E-state index contributed by atoms with van der Waals surface area (Å²) < 4.78 is 0. The van der Waals surface area contributed by atoms with Crippen molar-refractivity contribution >= 4 is 12.0 Å². The number of carbonyl (C=O) groups is 2. The summed E-state index contributed by atoms with van der Waals surface area (Å²) in [5.74, 6) is -0.644. The smallest absolute Gasteiger partial charge is 0.329 e. The lowest BCUT2D eigenvalue weighted by atomic mass is 10.00. The summed E-state index contributed by atoms with van der Waals surface area (Å²) in [6.07, 6.45) is 1.14. The normalized spacial score (nSPS) is 23.1. The van der Waals surface area contributed by atoms with Crippen LogP contribution in [0.15, 0.2) is 0 Å². The van der Waals surface area contributed by atoms with Crippen LogP contribution in [0, 0.1) is 0 Å². The number of likely N-dealkylation sites (tertiary alicyclic amines) is 1. The number of carboxylic acid groups (broad SMARTS) is 1. The lowest BCUT2D eigenvalue weighted by Crippen LogP contribution is -2.54. The molecule has 9 heteroatoms. The molecular formula is C9H14N6O3. The number of nitrogens with one attached hydrogen (secondary N) is 2. The summed E-state index contributed by atoms with van der Waals surface area (Å²) in [5.41, 5.74) is -1.14. The van der Waals surface area contributed by atoms with Crippen molar-refractivity contribution in [3.05, 3.63) is 5.82 Å². The highest BCUT2D eigenvalue weighted by atomic mass is 16.4. The van der Waals surface area contributed by atoms with E-state index in [9.17, 15) is 14.7 Å². The van der Waals surface area contributed by atoms with Gasteiger partial charge in [-0.15, -0.1) is 10.2 Å². The maximum atomic E-state index is 11.9. The van der Waals surface area contributed by atoms with Crippen molar-refractivity contribution in [1.82, 2.24) is 30.8 Å². The van der Waals surface area contributed by atoms with E-state index in [0.29, 0.717) is 25.2 Å². The van der Waals surface area contributed by atoms with Crippen LogP contribution < -0.4 is 5.32 Å². The molecule has 0 aliphatic carbocycles. The van der Waals surface area contributed by atoms with E-state index in [4.69, 9.17) is 0 Å². The lowest BCUT2D eigenvalue weighted by molar-refractivity contribution is -0.147. The Labute approximate surface area is 103 Å². The van der Waals surface area contributed by atoms with Crippen LogP contribution in [0.25, 0.3) is 0 Å². The van der Waals surface area contributed by atoms with Crippen molar-refractivity contribution in [2.45, 2.75) is 31.8 Å². The predicted octanol–water partition coefficient (Wildman–Crippen LogP) is -0.652. The highest BCUT2D eigenvalue weighted by molar-refractivity contribution is 5.86. The monoisotopic (exact) mass is 254 g/mol. The van der Waals surface area contributed by atoms with E-state index in [2.05, 4.69) is 25.9 Å². The molecule has 18 heavy (non-hydrogen) atoms. The van der Waals surface area contributed by atoms with Gasteiger partial charge in [0.2, 0.25) is 0 Å². The van der Waals surface area contributed by atoms with Gasteiger partial charge in [-0.05, 0) is 19.8 Å². The molecule has 1 saturated heterocycles. The number of aromatic nitrogens is 4. The predicted molar refractivity (Wildman–Crippen MR) is 58.4 cm³/mol. The van der Waals surface area contributed by atoms with Crippen molar-refractivity contribution in [3.8, 4) is 0 Å². The fourth-order valence-electron chi connectivity index (χ4n) is 2.02. The molecule has 1 aromatic rings. The first kappa shape index (κ1) is 12.3. The van der Waals surface area contributed by atoms with Gasteiger partial charge in [0.05, 0.1) is 6.54 Å². The van der Waals surface area contributed by atoms with Gasteiger partial charge in [-0.1, -0.05) is 5.21 Å². The molecule has 0 aromatic carbocycles. The number of carboxylic acids is 1. The zero-order valence-corrected chi connectivity index (χ0v) is 9.88. The SMILES string of the molecule is CC1(C(=O)O)CCCN1C(=O)NCc1nn[nH]n1. The van der Waals surface area contributed by atoms with E-state index in [1.165, 1.54) is 4.90 Å². The molecule has 0 spiro atoms. The van der Waals surface area contributed by atoms with Crippen molar-refractivity contribution in [2.24, 2.45) is 0 Å². The molecule has 2 rings (SSSR count). The topological polar surface area (TPSA) is 124 Å². The quantitative estimate of drug-likeness (QED) is 0.658. The summed E-state index contributed by atoms with van der Waals surface area (Å²) in [6, 6.07) is -0.429. The molecule has 1 aliphatic heterocycles. The van der Waals surface area contributed by atoms with Gasteiger partial charge >= 0.3 is 12.0 Å². The fourth-order valence-corrected chi connectivity index (χ4v) is 2.02. The van der Waals surface area contributed by atoms with Gasteiger partial charge in [0.1, 0.15) is 5.54 Å². The average Bonchev–Trinajstić information content (AvgIpc) is 2.95. The second-order valence-electron chi connectivity index (χ2n) is 4.32. The van der Waals surface area contributed by atoms with E-state index in [1.54, 1.807) is 6.92 Å². The molecule has 1 unspecified atom stereocenters. The number of urea groups is 1. The van der Waals surface area contributed by atoms with Crippen LogP contribution >= 0.6 is 0 Å². The van der Waals surface area contributed by atoms with Crippen molar-refractivity contribution in [3.63, 3.8) is 0 Å². The van der Waals surface area contributed by atoms with Crippen molar-refractivity contribution in [1.29, 1.82) is 0 Å². The van der Waals surface area contributed by atoms with E-state index < -0.39 is 17.5 Å². The molecule has 2 heterocycles. The molecule has 0 radical (unpaired) electrons. The maximum Gasteiger partial charge on any atom is 0.329 e. The third-order valence-electron chi connectivity index (χ3n) is 3.13. The number of H-pyrrole nitrogens is 1. The standard InChI is InChI=1S/C9H14N6O3/c1-9(7(16)17)3-2-4-15(9)8(18)10-5-6-11-13-14-12-6/h2-5H2,1H3,(H,10,18)(H,16,17)(H,11,12,13,14). The van der Waals surface area contributed by atoms with Crippen molar-refractivity contribution < 1.29 is 14.7 Å². The van der Waals surface area contributed by atoms with Crippen LogP contribution in [-0.2, 0) is 11.3 Å². The van der Waals surface area contributed by atoms with Crippen LogP contribution in [0.5, 0.6) is 0 Å². The van der Waals surface area contributed by atoms with Crippen LogP contribution in [0.4, 0.5) is 4.79 Å². The first-order valence-corrected chi connectivity index (χ1v) is 5.55. The van der Waals surface area contributed by atoms with Crippen LogP contribution in [0.3, 0.4) is 0 Å². The minimum Gasteiger partial charge on any atom is -0.480 e. The molecule has 1 aliphatic rings. The lowest BCUT2D eigenvalue weighted by Gasteiger charge is -2.30. The second kappa shape index (κ2) is 4.59. The third-order valence-corrected chi connectivity index (χ3v) is 3.13. The Hall–Kier alpha value is -2.19. The second-order valence-corrected chi connectivity index (χ2v) is 4.32. The minimum absolute atomic E-state index is 0.113. The fraction of sp³-hybridized carbons (Fsp3) is 0.667. The first-order chi connectivity index (χ1) is 8.54. The number of aliphatic carboxylic acids is 1. The van der Waals surface area contributed by atoms with E-state index in [-0.39, 0.29) is 6.54 Å². The zero-order chi connectivity index (χ0) is 13.2. The van der Waals surface area contributed by atoms with Crippen molar-refractivity contribution in [2.75, 3.05) is 6.54 Å². The van der Waals surface area contributed by atoms with E-state index >= 15 is 0 Å².